The van der Waals surface area contributed by atoms with Crippen molar-refractivity contribution in [3.8, 4) is 0 Å². The second-order valence-electron chi connectivity index (χ2n) is 11.3. The van der Waals surface area contributed by atoms with Crippen LogP contribution < -0.4 is 0 Å². The predicted molar refractivity (Wildman–Crippen MR) is 128 cm³/mol. The Morgan fingerprint density at radius 3 is 2.62 bits per heavy atom. The summed E-state index contributed by atoms with van der Waals surface area (Å²) in [7, 11) is 0. The fourth-order valence-corrected chi connectivity index (χ4v) is 7.69. The van der Waals surface area contributed by atoms with Crippen LogP contribution in [0.4, 0.5) is 0 Å². The largest absolute Gasteiger partial charge is 0.454 e. The van der Waals surface area contributed by atoms with Gasteiger partial charge in [-0.2, -0.15) is 0 Å². The van der Waals surface area contributed by atoms with Crippen molar-refractivity contribution in [2.45, 2.75) is 64.9 Å². The van der Waals surface area contributed by atoms with Gasteiger partial charge in [-0.05, 0) is 68.1 Å². The van der Waals surface area contributed by atoms with E-state index in [2.05, 4.69) is 13.0 Å². The predicted octanol–water partition coefficient (Wildman–Crippen LogP) is 4.84. The molecule has 0 radical (unpaired) electrons. The molecule has 4 aliphatic rings. The number of hydrogen-bond acceptors (Lipinski definition) is 5. The van der Waals surface area contributed by atoms with E-state index >= 15 is 0 Å². The van der Waals surface area contributed by atoms with E-state index in [9.17, 15) is 19.5 Å². The quantitative estimate of drug-likeness (QED) is 0.511. The molecule has 6 atom stereocenters. The fraction of sp³-hybridized carbons (Fsp3) is 0.552. The standard InChI is InChI=1S/C29H34O5/c1-18-15-24-22-10-9-20-16-21(30)11-13-27(20,2)23(22)12-14-28(24,3)29(18,33)25(31)17-34-26(32)19-7-5-4-6-8-19/h4-8,12,16,18,22,24,33H,9-11,13-15,17H2,1-3H3/t18-,22-,24-,27+,28+,29+/m1/s1. The van der Waals surface area contributed by atoms with Crippen LogP contribution in [0.3, 0.4) is 0 Å². The van der Waals surface area contributed by atoms with Crippen molar-refractivity contribution >= 4 is 17.5 Å². The van der Waals surface area contributed by atoms with Gasteiger partial charge in [0.1, 0.15) is 5.60 Å². The minimum atomic E-state index is -1.55. The molecule has 0 saturated heterocycles. The van der Waals surface area contributed by atoms with Crippen LogP contribution in [-0.4, -0.2) is 34.9 Å². The molecule has 5 nitrogen and oxygen atoms in total. The summed E-state index contributed by atoms with van der Waals surface area (Å²) in [5.41, 5.74) is 0.799. The van der Waals surface area contributed by atoms with Gasteiger partial charge in [0, 0.05) is 17.3 Å². The molecule has 1 aromatic rings. The minimum absolute atomic E-state index is 0.0860. The molecule has 1 N–H and O–H groups in total. The van der Waals surface area contributed by atoms with Crippen molar-refractivity contribution in [1.82, 2.24) is 0 Å². The summed E-state index contributed by atoms with van der Waals surface area (Å²) in [6, 6.07) is 8.60. The molecule has 5 heteroatoms. The van der Waals surface area contributed by atoms with Gasteiger partial charge in [-0.25, -0.2) is 4.79 Å². The van der Waals surface area contributed by atoms with E-state index in [1.807, 2.05) is 26.0 Å². The second-order valence-corrected chi connectivity index (χ2v) is 11.3. The molecular formula is C29H34O5. The summed E-state index contributed by atoms with van der Waals surface area (Å²) in [4.78, 5) is 37.9. The first-order valence-corrected chi connectivity index (χ1v) is 12.5. The summed E-state index contributed by atoms with van der Waals surface area (Å²) >= 11 is 0. The van der Waals surface area contributed by atoms with Crippen LogP contribution in [-0.2, 0) is 14.3 Å². The molecule has 0 heterocycles. The van der Waals surface area contributed by atoms with E-state index < -0.39 is 29.4 Å². The van der Waals surface area contributed by atoms with Gasteiger partial charge in [-0.15, -0.1) is 0 Å². The number of rotatable bonds is 4. The van der Waals surface area contributed by atoms with E-state index in [0.29, 0.717) is 24.3 Å². The van der Waals surface area contributed by atoms with Gasteiger partial charge >= 0.3 is 5.97 Å². The zero-order chi connectivity index (χ0) is 24.3. The van der Waals surface area contributed by atoms with Gasteiger partial charge in [0.15, 0.2) is 12.4 Å². The maximum atomic E-state index is 13.5. The monoisotopic (exact) mass is 462 g/mol. The van der Waals surface area contributed by atoms with Crippen molar-refractivity contribution in [2.24, 2.45) is 28.6 Å². The van der Waals surface area contributed by atoms with Crippen molar-refractivity contribution in [3.05, 3.63) is 59.2 Å². The van der Waals surface area contributed by atoms with Crippen LogP contribution >= 0.6 is 0 Å². The van der Waals surface area contributed by atoms with Crippen LogP contribution in [0.25, 0.3) is 0 Å². The number of hydrogen-bond donors (Lipinski definition) is 1. The molecule has 0 aromatic heterocycles. The first-order chi connectivity index (χ1) is 16.1. The SMILES string of the molecule is C[C@@H]1C[C@@H]2[C@@H]3CCC4=CC(=O)CC[C@]4(C)C3=CC[C@]2(C)[C@@]1(O)C(=O)COC(=O)c1ccccc1. The molecular weight excluding hydrogens is 428 g/mol. The Labute approximate surface area is 201 Å². The average Bonchev–Trinajstić information content (AvgIpc) is 3.05. The smallest absolute Gasteiger partial charge is 0.338 e. The Morgan fingerprint density at radius 1 is 1.15 bits per heavy atom. The van der Waals surface area contributed by atoms with Crippen LogP contribution in [0.1, 0.15) is 69.7 Å². The lowest BCUT2D eigenvalue weighted by Gasteiger charge is -2.54. The number of ether oxygens (including phenoxy) is 1. The Morgan fingerprint density at radius 2 is 1.88 bits per heavy atom. The molecule has 0 bridgehead atoms. The van der Waals surface area contributed by atoms with Crippen LogP contribution in [0.15, 0.2) is 53.6 Å². The minimum Gasteiger partial charge on any atom is -0.454 e. The van der Waals surface area contributed by atoms with Crippen LogP contribution in [0.2, 0.25) is 0 Å². The lowest BCUT2D eigenvalue weighted by atomic mass is 9.50. The maximum Gasteiger partial charge on any atom is 0.338 e. The number of carbonyl (C=O) groups excluding carboxylic acids is 3. The van der Waals surface area contributed by atoms with E-state index in [1.54, 1.807) is 24.3 Å². The lowest BCUT2D eigenvalue weighted by Crippen LogP contribution is -2.57. The van der Waals surface area contributed by atoms with Crippen molar-refractivity contribution in [3.63, 3.8) is 0 Å². The highest BCUT2D eigenvalue weighted by molar-refractivity contribution is 5.95. The molecule has 0 spiro atoms. The fourth-order valence-electron chi connectivity index (χ4n) is 7.69. The van der Waals surface area contributed by atoms with E-state index in [-0.39, 0.29) is 23.0 Å². The van der Waals surface area contributed by atoms with Crippen LogP contribution in [0, 0.1) is 28.6 Å². The zero-order valence-electron chi connectivity index (χ0n) is 20.3. The molecule has 2 fully saturated rings. The third-order valence-corrected chi connectivity index (χ3v) is 9.69. The number of Topliss-reactive ketones (excluding diaryl/α,β-unsaturated/α-hetero) is 1. The van der Waals surface area contributed by atoms with E-state index in [1.165, 1.54) is 11.1 Å². The molecule has 0 unspecified atom stereocenters. The van der Waals surface area contributed by atoms with Crippen molar-refractivity contribution < 1.29 is 24.2 Å². The van der Waals surface area contributed by atoms with Gasteiger partial charge in [-0.1, -0.05) is 56.2 Å². The molecule has 34 heavy (non-hydrogen) atoms. The molecule has 5 rings (SSSR count). The van der Waals surface area contributed by atoms with Crippen molar-refractivity contribution in [1.29, 1.82) is 0 Å². The van der Waals surface area contributed by atoms with Gasteiger partial charge < -0.3 is 9.84 Å². The Hall–Kier alpha value is -2.53. The third-order valence-electron chi connectivity index (χ3n) is 9.69. The Bertz CT molecular complexity index is 1100. The molecule has 4 aliphatic carbocycles. The van der Waals surface area contributed by atoms with Gasteiger partial charge in [-0.3, -0.25) is 9.59 Å². The Kier molecular flexibility index (Phi) is 5.47. The first kappa shape index (κ1) is 23.2. The summed E-state index contributed by atoms with van der Waals surface area (Å²) in [6.07, 6.45) is 8.77. The summed E-state index contributed by atoms with van der Waals surface area (Å²) in [5, 5.41) is 12.0. The zero-order valence-corrected chi connectivity index (χ0v) is 20.3. The maximum absolute atomic E-state index is 13.5. The highest BCUT2D eigenvalue weighted by Crippen LogP contribution is 2.66. The number of ketones is 2. The molecule has 0 aliphatic heterocycles. The van der Waals surface area contributed by atoms with Gasteiger partial charge in [0.05, 0.1) is 5.56 Å². The first-order valence-electron chi connectivity index (χ1n) is 12.5. The van der Waals surface area contributed by atoms with Crippen molar-refractivity contribution in [2.75, 3.05) is 6.61 Å². The summed E-state index contributed by atoms with van der Waals surface area (Å²) in [6.45, 7) is 5.84. The lowest BCUT2D eigenvalue weighted by molar-refractivity contribution is -0.161. The number of esters is 1. The second kappa shape index (κ2) is 8.01. The normalized spacial score (nSPS) is 38.7. The third kappa shape index (κ3) is 3.19. The number of aliphatic hydroxyl groups is 1. The summed E-state index contributed by atoms with van der Waals surface area (Å²) in [5.74, 6) is -0.482. The highest BCUT2D eigenvalue weighted by atomic mass is 16.5. The molecule has 0 amide bonds. The van der Waals surface area contributed by atoms with Crippen LogP contribution in [0.5, 0.6) is 0 Å². The summed E-state index contributed by atoms with van der Waals surface area (Å²) < 4.78 is 5.34. The van der Waals surface area contributed by atoms with Gasteiger partial charge in [0.25, 0.3) is 0 Å². The number of fused-ring (bicyclic) bond motifs is 5. The topological polar surface area (TPSA) is 80.7 Å². The van der Waals surface area contributed by atoms with Gasteiger partial charge in [0.2, 0.25) is 5.78 Å². The number of allylic oxidation sites excluding steroid dienone is 4. The highest BCUT2D eigenvalue weighted by Gasteiger charge is 2.67. The average molecular weight is 463 g/mol. The number of benzene rings is 1. The van der Waals surface area contributed by atoms with E-state index in [4.69, 9.17) is 4.74 Å². The molecule has 1 aromatic carbocycles. The number of carbonyl (C=O) groups is 3. The Balaban J connectivity index is 1.41. The molecule has 180 valence electrons. The van der Waals surface area contributed by atoms with E-state index in [0.717, 1.165) is 25.7 Å². The molecule has 2 saturated carbocycles.